The first-order valence-corrected chi connectivity index (χ1v) is 4.65. The maximum absolute atomic E-state index is 11.3. The van der Waals surface area contributed by atoms with Gasteiger partial charge in [-0.05, 0) is 13.8 Å². The van der Waals surface area contributed by atoms with Crippen molar-refractivity contribution in [3.63, 3.8) is 0 Å². The van der Waals surface area contributed by atoms with Gasteiger partial charge in [0, 0.05) is 25.2 Å². The molecule has 0 atom stereocenters. The number of nitrogens with one attached hydrogen (secondary N) is 1. The van der Waals surface area contributed by atoms with Crippen molar-refractivity contribution in [3.8, 4) is 0 Å². The molecule has 0 aliphatic rings. The number of carbonyl (C=O) groups is 1. The monoisotopic (exact) mass is 196 g/mol. The fraction of sp³-hybridized carbons (Fsp3) is 0.556. The molecule has 0 aromatic carbocycles. The van der Waals surface area contributed by atoms with Crippen LogP contribution in [0, 0.1) is 0 Å². The molecule has 5 nitrogen and oxygen atoms in total. The second-order valence-electron chi connectivity index (χ2n) is 3.51. The van der Waals surface area contributed by atoms with E-state index in [9.17, 15) is 4.79 Å². The van der Waals surface area contributed by atoms with E-state index in [1.807, 2.05) is 13.8 Å². The summed E-state index contributed by atoms with van der Waals surface area (Å²) in [6.07, 6.45) is 3.71. The van der Waals surface area contributed by atoms with Crippen LogP contribution < -0.4 is 11.1 Å². The van der Waals surface area contributed by atoms with Gasteiger partial charge in [0.1, 0.15) is 0 Å². The van der Waals surface area contributed by atoms with E-state index in [1.54, 1.807) is 17.1 Å². The molecule has 1 aromatic heterocycles. The number of nitrogen functional groups attached to an aromatic ring is 1. The molecule has 14 heavy (non-hydrogen) atoms. The third kappa shape index (κ3) is 3.47. The molecule has 0 spiro atoms. The van der Waals surface area contributed by atoms with E-state index in [4.69, 9.17) is 5.73 Å². The van der Waals surface area contributed by atoms with Gasteiger partial charge in [-0.2, -0.15) is 5.10 Å². The van der Waals surface area contributed by atoms with E-state index in [2.05, 4.69) is 10.4 Å². The van der Waals surface area contributed by atoms with Crippen LogP contribution in [0.3, 0.4) is 0 Å². The Bertz CT molecular complexity index is 306. The molecule has 0 fully saturated rings. The number of nitrogens with two attached hydrogens (primary N) is 1. The number of hydrogen-bond donors (Lipinski definition) is 2. The van der Waals surface area contributed by atoms with Gasteiger partial charge in [-0.1, -0.05) is 0 Å². The highest BCUT2D eigenvalue weighted by Crippen LogP contribution is 1.98. The van der Waals surface area contributed by atoms with Crippen molar-refractivity contribution in [2.45, 2.75) is 32.9 Å². The molecule has 3 N–H and O–H groups in total. The van der Waals surface area contributed by atoms with Crippen LogP contribution in [0.15, 0.2) is 12.4 Å². The van der Waals surface area contributed by atoms with Gasteiger partial charge in [0.15, 0.2) is 0 Å². The standard InChI is InChI=1S/C9H16N4O/c1-7(2)12-9(14)3-4-13-6-8(10)5-11-13/h5-7H,3-4,10H2,1-2H3,(H,12,14). The van der Waals surface area contributed by atoms with Gasteiger partial charge in [0.2, 0.25) is 5.91 Å². The molecule has 0 saturated carbocycles. The molecule has 1 heterocycles. The molecule has 1 aromatic rings. The number of rotatable bonds is 4. The van der Waals surface area contributed by atoms with Gasteiger partial charge < -0.3 is 11.1 Å². The third-order valence-electron chi connectivity index (χ3n) is 1.67. The highest BCUT2D eigenvalue weighted by atomic mass is 16.1. The maximum Gasteiger partial charge on any atom is 0.222 e. The lowest BCUT2D eigenvalue weighted by atomic mass is 10.3. The van der Waals surface area contributed by atoms with Gasteiger partial charge in [-0.25, -0.2) is 0 Å². The lowest BCUT2D eigenvalue weighted by Crippen LogP contribution is -2.30. The maximum atomic E-state index is 11.3. The summed E-state index contributed by atoms with van der Waals surface area (Å²) in [6, 6.07) is 0.185. The second kappa shape index (κ2) is 4.64. The normalized spacial score (nSPS) is 10.5. The van der Waals surface area contributed by atoms with Crippen LogP contribution in [0.5, 0.6) is 0 Å². The minimum atomic E-state index is 0.0362. The first kappa shape index (κ1) is 10.6. The van der Waals surface area contributed by atoms with E-state index in [1.165, 1.54) is 0 Å². The van der Waals surface area contributed by atoms with Crippen LogP contribution in [0.25, 0.3) is 0 Å². The van der Waals surface area contributed by atoms with Crippen molar-refractivity contribution in [2.75, 3.05) is 5.73 Å². The Kier molecular flexibility index (Phi) is 3.50. The minimum Gasteiger partial charge on any atom is -0.396 e. The predicted octanol–water partition coefficient (Wildman–Crippen LogP) is 0.380. The summed E-state index contributed by atoms with van der Waals surface area (Å²) in [7, 11) is 0. The number of carbonyl (C=O) groups excluding carboxylic acids is 1. The SMILES string of the molecule is CC(C)NC(=O)CCn1cc(N)cn1. The molecule has 0 radical (unpaired) electrons. The van der Waals surface area contributed by atoms with E-state index in [0.717, 1.165) is 0 Å². The number of anilines is 1. The number of aryl methyl sites for hydroxylation is 1. The molecule has 1 amide bonds. The summed E-state index contributed by atoms with van der Waals surface area (Å²) in [5.74, 6) is 0.0362. The highest BCUT2D eigenvalue weighted by molar-refractivity contribution is 5.76. The summed E-state index contributed by atoms with van der Waals surface area (Å²) in [6.45, 7) is 4.43. The van der Waals surface area contributed by atoms with Crippen LogP contribution >= 0.6 is 0 Å². The van der Waals surface area contributed by atoms with E-state index >= 15 is 0 Å². The Balaban J connectivity index is 2.30. The molecular formula is C9H16N4O. The van der Waals surface area contributed by atoms with E-state index < -0.39 is 0 Å². The molecule has 5 heteroatoms. The van der Waals surface area contributed by atoms with Crippen LogP contribution in [0.1, 0.15) is 20.3 Å². The van der Waals surface area contributed by atoms with Gasteiger partial charge in [-0.3, -0.25) is 9.48 Å². The zero-order valence-electron chi connectivity index (χ0n) is 8.53. The molecular weight excluding hydrogens is 180 g/mol. The molecule has 1 rings (SSSR count). The molecule has 0 unspecified atom stereocenters. The summed E-state index contributed by atoms with van der Waals surface area (Å²) >= 11 is 0. The zero-order chi connectivity index (χ0) is 10.6. The van der Waals surface area contributed by atoms with Crippen LogP contribution in [-0.4, -0.2) is 21.7 Å². The van der Waals surface area contributed by atoms with Crippen molar-refractivity contribution in [2.24, 2.45) is 0 Å². The quantitative estimate of drug-likeness (QED) is 0.731. The molecule has 0 bridgehead atoms. The van der Waals surface area contributed by atoms with E-state index in [-0.39, 0.29) is 11.9 Å². The lowest BCUT2D eigenvalue weighted by molar-refractivity contribution is -0.121. The highest BCUT2D eigenvalue weighted by Gasteiger charge is 2.03. The Hall–Kier alpha value is -1.52. The van der Waals surface area contributed by atoms with Gasteiger partial charge in [-0.15, -0.1) is 0 Å². The number of hydrogen-bond acceptors (Lipinski definition) is 3. The number of amides is 1. The predicted molar refractivity (Wildman–Crippen MR) is 54.5 cm³/mol. The van der Waals surface area contributed by atoms with Crippen LogP contribution in [0.4, 0.5) is 5.69 Å². The van der Waals surface area contributed by atoms with Crippen molar-refractivity contribution in [1.82, 2.24) is 15.1 Å². The van der Waals surface area contributed by atoms with E-state index in [0.29, 0.717) is 18.7 Å². The summed E-state index contributed by atoms with van der Waals surface area (Å²) in [5.41, 5.74) is 6.10. The average Bonchev–Trinajstić information content (AvgIpc) is 2.47. The molecule has 0 saturated heterocycles. The largest absolute Gasteiger partial charge is 0.396 e. The number of nitrogens with zero attached hydrogens (tertiary/aromatic N) is 2. The summed E-state index contributed by atoms with van der Waals surface area (Å²) in [4.78, 5) is 11.3. The fourth-order valence-corrected chi connectivity index (χ4v) is 1.11. The lowest BCUT2D eigenvalue weighted by Gasteiger charge is -2.07. The van der Waals surface area contributed by atoms with Crippen molar-refractivity contribution >= 4 is 11.6 Å². The minimum absolute atomic E-state index is 0.0362. The Labute approximate surface area is 83.3 Å². The van der Waals surface area contributed by atoms with Crippen molar-refractivity contribution in [1.29, 1.82) is 0 Å². The fourth-order valence-electron chi connectivity index (χ4n) is 1.11. The molecule has 78 valence electrons. The first-order chi connectivity index (χ1) is 6.58. The Morgan fingerprint density at radius 3 is 2.93 bits per heavy atom. The molecule has 0 aliphatic carbocycles. The van der Waals surface area contributed by atoms with Crippen LogP contribution in [0.2, 0.25) is 0 Å². The zero-order valence-corrected chi connectivity index (χ0v) is 8.53. The van der Waals surface area contributed by atoms with Gasteiger partial charge in [0.05, 0.1) is 11.9 Å². The number of aromatic nitrogens is 2. The van der Waals surface area contributed by atoms with Crippen molar-refractivity contribution < 1.29 is 4.79 Å². The van der Waals surface area contributed by atoms with Crippen LogP contribution in [-0.2, 0) is 11.3 Å². The average molecular weight is 196 g/mol. The topological polar surface area (TPSA) is 72.9 Å². The second-order valence-corrected chi connectivity index (χ2v) is 3.51. The smallest absolute Gasteiger partial charge is 0.222 e. The Morgan fingerprint density at radius 1 is 1.71 bits per heavy atom. The summed E-state index contributed by atoms with van der Waals surface area (Å²) in [5, 5.41) is 6.79. The van der Waals surface area contributed by atoms with Gasteiger partial charge in [0.25, 0.3) is 0 Å². The first-order valence-electron chi connectivity index (χ1n) is 4.65. The Morgan fingerprint density at radius 2 is 2.43 bits per heavy atom. The third-order valence-corrected chi connectivity index (χ3v) is 1.67. The summed E-state index contributed by atoms with van der Waals surface area (Å²) < 4.78 is 1.66. The van der Waals surface area contributed by atoms with Gasteiger partial charge >= 0.3 is 0 Å². The van der Waals surface area contributed by atoms with Crippen molar-refractivity contribution in [3.05, 3.63) is 12.4 Å². The molecule has 0 aliphatic heterocycles.